The second-order valence-electron chi connectivity index (χ2n) is 7.77. The van der Waals surface area contributed by atoms with Crippen molar-refractivity contribution >= 4 is 0 Å². The molecule has 0 amide bonds. The quantitative estimate of drug-likeness (QED) is 0.482. The van der Waals surface area contributed by atoms with Gasteiger partial charge in [0, 0.05) is 24.7 Å². The summed E-state index contributed by atoms with van der Waals surface area (Å²) in [5.41, 5.74) is 2.09. The lowest BCUT2D eigenvalue weighted by molar-refractivity contribution is 0.0415. The Morgan fingerprint density at radius 1 is 0.793 bits per heavy atom. The van der Waals surface area contributed by atoms with Crippen molar-refractivity contribution in [2.75, 3.05) is 6.54 Å². The van der Waals surface area contributed by atoms with Crippen LogP contribution in [0, 0.1) is 0 Å². The lowest BCUT2D eigenvalue weighted by Gasteiger charge is -2.40. The van der Waals surface area contributed by atoms with Crippen molar-refractivity contribution in [3.63, 3.8) is 0 Å². The van der Waals surface area contributed by atoms with Crippen LogP contribution in [0.4, 0.5) is 0 Å². The molecule has 0 radical (unpaired) electrons. The maximum absolute atomic E-state index is 10.9. The first kappa shape index (κ1) is 20.7. The molecule has 0 saturated heterocycles. The molecule has 0 spiro atoms. The number of rotatable bonds is 7. The fraction of sp³-hybridized carbons (Fsp3) is 0.250. The number of phenols is 3. The molecule has 29 heavy (non-hydrogen) atoms. The Balaban J connectivity index is 1.92. The molecule has 1 atom stereocenters. The van der Waals surface area contributed by atoms with Gasteiger partial charge in [-0.1, -0.05) is 42.5 Å². The van der Waals surface area contributed by atoms with E-state index >= 15 is 0 Å². The maximum Gasteiger partial charge on any atom is 0.119 e. The van der Waals surface area contributed by atoms with Gasteiger partial charge >= 0.3 is 0 Å². The van der Waals surface area contributed by atoms with Gasteiger partial charge in [-0.3, -0.25) is 4.90 Å². The highest BCUT2D eigenvalue weighted by molar-refractivity contribution is 5.38. The number of hydrogen-bond acceptors (Lipinski definition) is 5. The number of phenolic OH excluding ortho intramolecular Hbond substituents is 3. The van der Waals surface area contributed by atoms with Crippen molar-refractivity contribution in [1.29, 1.82) is 0 Å². The van der Waals surface area contributed by atoms with Crippen molar-refractivity contribution in [1.82, 2.24) is 4.90 Å². The van der Waals surface area contributed by atoms with E-state index in [2.05, 4.69) is 18.7 Å². The van der Waals surface area contributed by atoms with Gasteiger partial charge in [-0.05, 0) is 54.8 Å². The molecule has 152 valence electrons. The second-order valence-corrected chi connectivity index (χ2v) is 7.77. The molecule has 1 unspecified atom stereocenters. The molecule has 5 heteroatoms. The van der Waals surface area contributed by atoms with Crippen LogP contribution >= 0.6 is 0 Å². The first-order valence-corrected chi connectivity index (χ1v) is 9.55. The number of aliphatic hydroxyl groups is 1. The molecule has 0 saturated carbocycles. The molecular formula is C24H27NO4. The van der Waals surface area contributed by atoms with Crippen LogP contribution in [0.3, 0.4) is 0 Å². The maximum atomic E-state index is 10.9. The molecule has 0 aliphatic heterocycles. The Bertz CT molecular complexity index is 919. The summed E-state index contributed by atoms with van der Waals surface area (Å²) in [4.78, 5) is 2.14. The number of benzene rings is 3. The van der Waals surface area contributed by atoms with E-state index in [0.29, 0.717) is 12.1 Å². The van der Waals surface area contributed by atoms with E-state index in [9.17, 15) is 20.4 Å². The standard InChI is InChI=1S/C24H27NO4/c1-24(2,19-8-10-20(26)11-9-19)25(15-17-6-4-3-5-7-17)16-23(29)18-12-21(27)14-22(28)13-18/h3-14,23,26-29H,15-16H2,1-2H3. The van der Waals surface area contributed by atoms with Crippen molar-refractivity contribution in [3.05, 3.63) is 89.5 Å². The summed E-state index contributed by atoms with van der Waals surface area (Å²) in [6.07, 6.45) is -0.909. The molecule has 0 aliphatic carbocycles. The molecule has 0 aromatic heterocycles. The van der Waals surface area contributed by atoms with Crippen LogP contribution in [0.15, 0.2) is 72.8 Å². The van der Waals surface area contributed by atoms with Gasteiger partial charge in [-0.15, -0.1) is 0 Å². The first-order chi connectivity index (χ1) is 13.8. The predicted molar refractivity (Wildman–Crippen MR) is 113 cm³/mol. The Hall–Kier alpha value is -3.02. The fourth-order valence-electron chi connectivity index (χ4n) is 3.47. The van der Waals surface area contributed by atoms with Crippen LogP contribution in [0.1, 0.15) is 36.6 Å². The molecule has 5 nitrogen and oxygen atoms in total. The third-order valence-corrected chi connectivity index (χ3v) is 5.28. The van der Waals surface area contributed by atoms with Gasteiger partial charge in [0.2, 0.25) is 0 Å². The van der Waals surface area contributed by atoms with Crippen molar-refractivity contribution in [2.45, 2.75) is 32.0 Å². The van der Waals surface area contributed by atoms with Crippen LogP contribution in [0.25, 0.3) is 0 Å². The SMILES string of the molecule is CC(C)(c1ccc(O)cc1)N(Cc1ccccc1)CC(O)c1cc(O)cc(O)c1. The number of aliphatic hydroxyl groups excluding tert-OH is 1. The molecule has 0 aliphatic rings. The Morgan fingerprint density at radius 2 is 1.38 bits per heavy atom. The second kappa shape index (κ2) is 8.55. The summed E-state index contributed by atoms with van der Waals surface area (Å²) in [6, 6.07) is 21.2. The van der Waals surface area contributed by atoms with Crippen molar-refractivity contribution < 1.29 is 20.4 Å². The summed E-state index contributed by atoms with van der Waals surface area (Å²) in [6.45, 7) is 5.01. The summed E-state index contributed by atoms with van der Waals surface area (Å²) in [5.74, 6) is 0.0207. The summed E-state index contributed by atoms with van der Waals surface area (Å²) >= 11 is 0. The highest BCUT2D eigenvalue weighted by Crippen LogP contribution is 2.33. The van der Waals surface area contributed by atoms with Gasteiger partial charge in [0.05, 0.1) is 6.10 Å². The lowest BCUT2D eigenvalue weighted by Crippen LogP contribution is -2.43. The molecule has 0 heterocycles. The lowest BCUT2D eigenvalue weighted by atomic mass is 9.90. The number of hydrogen-bond donors (Lipinski definition) is 4. The van der Waals surface area contributed by atoms with Crippen molar-refractivity contribution in [2.24, 2.45) is 0 Å². The van der Waals surface area contributed by atoms with Crippen LogP contribution < -0.4 is 0 Å². The van der Waals surface area contributed by atoms with Crippen molar-refractivity contribution in [3.8, 4) is 17.2 Å². The van der Waals surface area contributed by atoms with Gasteiger partial charge in [-0.2, -0.15) is 0 Å². The van der Waals surface area contributed by atoms with E-state index in [1.54, 1.807) is 12.1 Å². The smallest absolute Gasteiger partial charge is 0.119 e. The van der Waals surface area contributed by atoms with Gasteiger partial charge < -0.3 is 20.4 Å². The first-order valence-electron chi connectivity index (χ1n) is 9.55. The Kier molecular flexibility index (Phi) is 6.11. The van der Waals surface area contributed by atoms with Crippen LogP contribution in [-0.4, -0.2) is 31.9 Å². The minimum Gasteiger partial charge on any atom is -0.508 e. The average Bonchev–Trinajstić information content (AvgIpc) is 2.68. The fourth-order valence-corrected chi connectivity index (χ4v) is 3.47. The normalized spacial score (nSPS) is 12.8. The zero-order valence-corrected chi connectivity index (χ0v) is 16.7. The largest absolute Gasteiger partial charge is 0.508 e. The van der Waals surface area contributed by atoms with Gasteiger partial charge in [0.25, 0.3) is 0 Å². The molecule has 0 bridgehead atoms. The van der Waals surface area contributed by atoms with Gasteiger partial charge in [-0.25, -0.2) is 0 Å². The highest BCUT2D eigenvalue weighted by atomic mass is 16.3. The molecule has 3 aromatic rings. The third kappa shape index (κ3) is 5.08. The topological polar surface area (TPSA) is 84.2 Å². The summed E-state index contributed by atoms with van der Waals surface area (Å²) < 4.78 is 0. The number of aromatic hydroxyl groups is 3. The van der Waals surface area contributed by atoms with Crippen LogP contribution in [0.5, 0.6) is 17.2 Å². The minimum absolute atomic E-state index is 0.0912. The van der Waals surface area contributed by atoms with E-state index in [1.807, 2.05) is 42.5 Å². The third-order valence-electron chi connectivity index (χ3n) is 5.28. The molecular weight excluding hydrogens is 366 g/mol. The van der Waals surface area contributed by atoms with Gasteiger partial charge in [0.15, 0.2) is 0 Å². The number of nitrogens with zero attached hydrogens (tertiary/aromatic N) is 1. The molecule has 4 N–H and O–H groups in total. The molecule has 3 aromatic carbocycles. The van der Waals surface area contributed by atoms with E-state index in [1.165, 1.54) is 18.2 Å². The molecule has 3 rings (SSSR count). The average molecular weight is 393 g/mol. The Morgan fingerprint density at radius 3 is 1.97 bits per heavy atom. The molecule has 0 fully saturated rings. The van der Waals surface area contributed by atoms with Gasteiger partial charge in [0.1, 0.15) is 17.2 Å². The monoisotopic (exact) mass is 393 g/mol. The summed E-state index contributed by atoms with van der Waals surface area (Å²) in [7, 11) is 0. The predicted octanol–water partition coefficient (Wildman–Crippen LogP) is 4.27. The summed E-state index contributed by atoms with van der Waals surface area (Å²) in [5, 5.41) is 40.0. The minimum atomic E-state index is -0.909. The van der Waals surface area contributed by atoms with E-state index < -0.39 is 11.6 Å². The Labute approximate surface area is 171 Å². The zero-order valence-electron chi connectivity index (χ0n) is 16.7. The van der Waals surface area contributed by atoms with Crippen LogP contribution in [0.2, 0.25) is 0 Å². The van der Waals surface area contributed by atoms with E-state index in [-0.39, 0.29) is 23.8 Å². The van der Waals surface area contributed by atoms with Crippen LogP contribution in [-0.2, 0) is 12.1 Å². The highest BCUT2D eigenvalue weighted by Gasteiger charge is 2.31. The zero-order chi connectivity index (χ0) is 21.0. The van der Waals surface area contributed by atoms with E-state index in [0.717, 1.165) is 11.1 Å². The van der Waals surface area contributed by atoms with E-state index in [4.69, 9.17) is 0 Å².